The third-order valence-electron chi connectivity index (χ3n) is 15.0. The number of benzene rings is 11. The first-order chi connectivity index (χ1) is 37.8. The van der Waals surface area contributed by atoms with Crippen molar-refractivity contribution in [3.8, 4) is 33.6 Å². The summed E-state index contributed by atoms with van der Waals surface area (Å²) in [6.45, 7) is -0.232. The first-order valence-electron chi connectivity index (χ1n) is 26.8. The third-order valence-corrected chi connectivity index (χ3v) is 18.6. The van der Waals surface area contributed by atoms with Crippen molar-refractivity contribution < 1.29 is 6.85 Å². The molecule has 0 bridgehead atoms. The average molecular weight is 1000 g/mol. The zero-order chi connectivity index (χ0) is 51.4. The molecule has 14 aromatic rings. The molecule has 0 fully saturated rings. The van der Waals surface area contributed by atoms with E-state index < -0.39 is 6.04 Å². The second-order valence-corrected chi connectivity index (χ2v) is 22.1. The van der Waals surface area contributed by atoms with Crippen LogP contribution in [-0.2, 0) is 0 Å². The van der Waals surface area contributed by atoms with Crippen LogP contribution in [0.15, 0.2) is 243 Å². The molecule has 0 atom stereocenters. The Morgan fingerprint density at radius 1 is 0.417 bits per heavy atom. The summed E-state index contributed by atoms with van der Waals surface area (Å²) in [6.07, 6.45) is 0. The second kappa shape index (κ2) is 15.6. The first-order valence-corrected chi connectivity index (χ1v) is 26.8. The number of hydrogen-bond donors (Lipinski definition) is 0. The van der Waals surface area contributed by atoms with Crippen molar-refractivity contribution in [3.05, 3.63) is 243 Å². The number of hydrogen-bond acceptors (Lipinski definition) is 2. The first kappa shape index (κ1) is 35.7. The fraction of sp³-hybridized carbons (Fsp3) is 0. The monoisotopic (exact) mass is 1000 g/mol. The van der Waals surface area contributed by atoms with E-state index in [1.807, 2.05) is 17.4 Å². The van der Waals surface area contributed by atoms with Gasteiger partial charge in [-0.05, 0) is 0 Å². The molecular formula is C66H40BN3SSe. The van der Waals surface area contributed by atoms with E-state index in [4.69, 9.17) is 4.11 Å². The van der Waals surface area contributed by atoms with E-state index >= 15 is 0 Å². The molecule has 0 spiro atoms. The molecular weight excluding hydrogens is 957 g/mol. The van der Waals surface area contributed by atoms with Crippen LogP contribution in [-0.4, -0.2) is 30.8 Å². The molecule has 0 N–H and O–H groups in total. The van der Waals surface area contributed by atoms with Gasteiger partial charge in [-0.25, -0.2) is 0 Å². The Balaban J connectivity index is 1.06. The summed E-state index contributed by atoms with van der Waals surface area (Å²) in [7, 11) is 0. The number of fused-ring (bicyclic) bond motifs is 14. The Labute approximate surface area is 433 Å². The van der Waals surface area contributed by atoms with E-state index in [1.165, 1.54) is 62.6 Å². The summed E-state index contributed by atoms with van der Waals surface area (Å²) >= 11 is 1.56. The number of rotatable bonds is 5. The van der Waals surface area contributed by atoms with Crippen molar-refractivity contribution in [1.29, 1.82) is 0 Å². The van der Waals surface area contributed by atoms with E-state index in [1.54, 1.807) is 0 Å². The molecule has 0 saturated heterocycles. The van der Waals surface area contributed by atoms with Crippen LogP contribution in [0.4, 0.5) is 17.1 Å². The van der Waals surface area contributed by atoms with Gasteiger partial charge in [-0.1, -0.05) is 0 Å². The van der Waals surface area contributed by atoms with Crippen LogP contribution in [0.5, 0.6) is 0 Å². The van der Waals surface area contributed by atoms with E-state index in [9.17, 15) is 2.74 Å². The van der Waals surface area contributed by atoms with Crippen molar-refractivity contribution in [3.63, 3.8) is 0 Å². The van der Waals surface area contributed by atoms with Gasteiger partial charge >= 0.3 is 436 Å². The molecule has 3 nitrogen and oxygen atoms in total. The van der Waals surface area contributed by atoms with Crippen LogP contribution < -0.4 is 30.2 Å². The summed E-state index contributed by atoms with van der Waals surface area (Å²) in [6, 6.07) is 74.9. The fourth-order valence-corrected chi connectivity index (χ4v) is 16.2. The molecule has 0 amide bonds. The third kappa shape index (κ3) is 5.74. The predicted octanol–water partition coefficient (Wildman–Crippen LogP) is 13.9. The summed E-state index contributed by atoms with van der Waals surface area (Å²) in [4.78, 5) is 2.42. The van der Waals surface area contributed by atoms with Crippen LogP contribution in [0.25, 0.3) is 97.4 Å². The van der Waals surface area contributed by atoms with E-state index in [-0.39, 0.29) is 51.4 Å². The Bertz CT molecular complexity index is 4760. The van der Waals surface area contributed by atoms with Gasteiger partial charge in [0.1, 0.15) is 0 Å². The quantitative estimate of drug-likeness (QED) is 0.157. The Morgan fingerprint density at radius 3 is 1.69 bits per heavy atom. The molecule has 2 aliphatic heterocycles. The minimum atomic E-state index is -0.406. The molecule has 2 aliphatic rings. The summed E-state index contributed by atoms with van der Waals surface area (Å²) in [5, 5.41) is 7.22. The molecule has 0 radical (unpaired) electrons. The molecule has 11 aromatic carbocycles. The molecule has 0 saturated carbocycles. The normalized spacial score (nSPS) is 13.9. The van der Waals surface area contributed by atoms with Crippen molar-refractivity contribution >= 4 is 139 Å². The van der Waals surface area contributed by atoms with Crippen molar-refractivity contribution in [1.82, 2.24) is 9.13 Å². The van der Waals surface area contributed by atoms with Crippen molar-refractivity contribution in [2.75, 3.05) is 4.90 Å². The van der Waals surface area contributed by atoms with Gasteiger partial charge in [0, 0.05) is 0 Å². The fourth-order valence-electron chi connectivity index (χ4n) is 12.1. The molecule has 3 aromatic heterocycles. The average Bonchev–Trinajstić information content (AvgIpc) is 4.32. The topological polar surface area (TPSA) is 13.1 Å². The number of nitrogens with zero attached hydrogens (tertiary/aromatic N) is 3. The maximum atomic E-state index is 9.43. The summed E-state index contributed by atoms with van der Waals surface area (Å²) in [5.74, 6) is 0. The van der Waals surface area contributed by atoms with Crippen LogP contribution in [0.1, 0.15) is 6.85 Å². The molecule has 6 heteroatoms. The maximum absolute atomic E-state index is 9.43. The van der Waals surface area contributed by atoms with E-state index in [0.717, 1.165) is 66.1 Å². The van der Waals surface area contributed by atoms with Gasteiger partial charge in [-0.2, -0.15) is 0 Å². The van der Waals surface area contributed by atoms with Crippen molar-refractivity contribution in [2.45, 2.75) is 0 Å². The van der Waals surface area contributed by atoms with Gasteiger partial charge in [-0.15, -0.1) is 0 Å². The van der Waals surface area contributed by atoms with Crippen LogP contribution in [0.3, 0.4) is 0 Å². The number of thiophene rings is 1. The Morgan fingerprint density at radius 2 is 1.00 bits per heavy atom. The zero-order valence-corrected chi connectivity index (χ0v) is 41.0. The van der Waals surface area contributed by atoms with Crippen LogP contribution in [0.2, 0.25) is 0 Å². The zero-order valence-electron chi connectivity index (χ0n) is 43.4. The molecule has 16 rings (SSSR count). The number of aromatic nitrogens is 2. The molecule has 334 valence electrons. The van der Waals surface area contributed by atoms with Gasteiger partial charge in [0.25, 0.3) is 0 Å². The predicted molar refractivity (Wildman–Crippen MR) is 310 cm³/mol. The van der Waals surface area contributed by atoms with Crippen LogP contribution >= 0.6 is 11.3 Å². The van der Waals surface area contributed by atoms with Crippen molar-refractivity contribution in [2.24, 2.45) is 0 Å². The van der Waals surface area contributed by atoms with Gasteiger partial charge in [0.15, 0.2) is 0 Å². The SMILES string of the molecule is [2H]c1c([2H])c([2H])c(-c2cc3c4c(c2)N(c2ccccc2-c2ccccc2)c2cc(-n5c6ccccc6c6ccccc65)ccc2B4c2c(cc(-n4c5ccccc5c5ccccc54)c4c2sc2ccccc24)[Se]3)c([2H])c1[2H]. The number of anilines is 3. The molecule has 72 heavy (non-hydrogen) atoms. The van der Waals surface area contributed by atoms with Gasteiger partial charge in [0.2, 0.25) is 0 Å². The van der Waals surface area contributed by atoms with E-state index in [0.29, 0.717) is 5.56 Å². The number of para-hydroxylation sites is 5. The van der Waals surface area contributed by atoms with Crippen LogP contribution in [0, 0.1) is 0 Å². The Hall–Kier alpha value is -8.38. The van der Waals surface area contributed by atoms with Gasteiger partial charge in [-0.3, -0.25) is 0 Å². The Kier molecular flexibility index (Phi) is 7.71. The van der Waals surface area contributed by atoms with E-state index in [2.05, 4.69) is 220 Å². The van der Waals surface area contributed by atoms with Gasteiger partial charge in [0.05, 0.1) is 0 Å². The summed E-state index contributed by atoms with van der Waals surface area (Å²) in [5.41, 5.74) is 16.1. The molecule has 5 heterocycles. The second-order valence-electron chi connectivity index (χ2n) is 18.8. The summed E-state index contributed by atoms with van der Waals surface area (Å²) < 4.78 is 55.1. The van der Waals surface area contributed by atoms with Gasteiger partial charge < -0.3 is 0 Å². The molecule has 0 unspecified atom stereocenters. The molecule has 0 aliphatic carbocycles. The minimum absolute atomic E-state index is 0.195. The standard InChI is InChI=1S/C66H40BN3SSe/c1-3-19-41(20-4-1)43-37-59-64-61(38-43)72-62-40-58(69-55-32-16-10-26-48(55)49-27-11-17-33-56(49)69)63-50-28-12-18-34-60(50)71-66(63)65(62)67(64)51-36-35-44(68-53-30-14-8-24-46(53)47-25-9-15-31-54(47)68)39-57(51)70(59)52-29-13-7-23-45(52)42-21-5-2-6-22-42/h1-40H/i1D,3D,4D,19D,20D.